The molecule has 4 heterocycles. The lowest BCUT2D eigenvalue weighted by Crippen LogP contribution is -2.49. The minimum Gasteiger partial charge on any atom is -0.481 e. The average molecular weight is 785 g/mol. The number of methoxy groups -OCH3 is 2. The number of carbonyl (C=O) groups excluding carboxylic acids is 4. The van der Waals surface area contributed by atoms with Gasteiger partial charge in [-0.3, -0.25) is 19.4 Å². The molecule has 4 fully saturated rings. The topological polar surface area (TPSA) is 175 Å². The van der Waals surface area contributed by atoms with Crippen molar-refractivity contribution in [2.24, 2.45) is 28.2 Å². The third kappa shape index (κ3) is 10.2. The van der Waals surface area contributed by atoms with E-state index in [0.29, 0.717) is 36.2 Å². The maximum atomic E-state index is 11.3. The quantitative estimate of drug-likeness (QED) is 0.116. The van der Waals surface area contributed by atoms with Crippen LogP contribution < -0.4 is 0 Å². The van der Waals surface area contributed by atoms with Gasteiger partial charge in [-0.1, -0.05) is 0 Å². The second-order valence-electron chi connectivity index (χ2n) is 12.2. The van der Waals surface area contributed by atoms with Gasteiger partial charge in [0.2, 0.25) is 0 Å². The van der Waals surface area contributed by atoms with Gasteiger partial charge in [-0.2, -0.15) is 0 Å². The summed E-state index contributed by atoms with van der Waals surface area (Å²) in [4.78, 5) is 71.8. The SMILES string of the molecule is CC(=O)C1=CN=[C+]S1.COC(=O)c1ccc(Br)nc1.COC(=O)c1cnc(-c2ccc(C(C)=O)cn2)s1.O=C(O)C12CC3CC(CC(C3)C1)C2. The van der Waals surface area contributed by atoms with E-state index in [4.69, 9.17) is 0 Å². The van der Waals surface area contributed by atoms with E-state index in [1.165, 1.54) is 95.2 Å². The summed E-state index contributed by atoms with van der Waals surface area (Å²) in [6.45, 7) is 3.00. The Hall–Kier alpha value is -4.17. The summed E-state index contributed by atoms with van der Waals surface area (Å²) in [5, 5.41) is 9.89. The molecule has 262 valence electrons. The number of aromatic nitrogens is 3. The van der Waals surface area contributed by atoms with E-state index >= 15 is 0 Å². The zero-order valence-corrected chi connectivity index (χ0v) is 31.1. The number of esters is 2. The van der Waals surface area contributed by atoms with Crippen molar-refractivity contribution in [2.45, 2.75) is 52.4 Å². The number of pyridine rings is 2. The van der Waals surface area contributed by atoms with Gasteiger partial charge in [-0.15, -0.1) is 11.3 Å². The molecule has 4 aliphatic carbocycles. The number of hydrogen-bond acceptors (Lipinski definition) is 13. The van der Waals surface area contributed by atoms with Gasteiger partial charge in [0.05, 0.1) is 37.1 Å². The zero-order chi connectivity index (χ0) is 36.4. The lowest BCUT2D eigenvalue weighted by Gasteiger charge is -2.54. The van der Waals surface area contributed by atoms with Crippen LogP contribution in [0.5, 0.6) is 0 Å². The predicted molar refractivity (Wildman–Crippen MR) is 192 cm³/mol. The summed E-state index contributed by atoms with van der Waals surface area (Å²) >= 11 is 5.60. The maximum absolute atomic E-state index is 11.3. The molecule has 8 rings (SSSR count). The van der Waals surface area contributed by atoms with Gasteiger partial charge in [0, 0.05) is 24.9 Å². The summed E-state index contributed by atoms with van der Waals surface area (Å²) in [6, 6.07) is 6.72. The highest BCUT2D eigenvalue weighted by Gasteiger charge is 2.54. The Kier molecular flexibility index (Phi) is 13.6. The van der Waals surface area contributed by atoms with Crippen molar-refractivity contribution < 1.29 is 38.6 Å². The molecule has 0 aromatic carbocycles. The minimum absolute atomic E-state index is 0.0385. The van der Waals surface area contributed by atoms with Gasteiger partial charge >= 0.3 is 17.9 Å². The number of ether oxygens (including phenoxy) is 2. The highest BCUT2D eigenvalue weighted by atomic mass is 79.9. The minimum atomic E-state index is -0.508. The number of aliphatic imine (C=N–C) groups is 1. The van der Waals surface area contributed by atoms with E-state index < -0.39 is 11.9 Å². The van der Waals surface area contributed by atoms with Gasteiger partial charge in [0.25, 0.3) is 5.55 Å². The molecular weight excluding hydrogens is 748 g/mol. The number of thioether (sulfide) groups is 1. The number of thiazole rings is 1. The molecule has 3 aromatic rings. The third-order valence-electron chi connectivity index (χ3n) is 8.66. The van der Waals surface area contributed by atoms with Crippen LogP contribution in [0.3, 0.4) is 0 Å². The van der Waals surface area contributed by atoms with Crippen LogP contribution in [0.25, 0.3) is 10.7 Å². The molecule has 1 N–H and O–H groups in total. The van der Waals surface area contributed by atoms with Crippen molar-refractivity contribution in [3.63, 3.8) is 0 Å². The van der Waals surface area contributed by atoms with Crippen LogP contribution in [0, 0.1) is 23.2 Å². The normalized spacial score (nSPS) is 21.8. The maximum Gasteiger partial charge on any atom is 0.349 e. The number of rotatable bonds is 6. The Morgan fingerprint density at radius 3 is 1.84 bits per heavy atom. The first-order valence-corrected chi connectivity index (χ1v) is 18.0. The molecule has 12 nitrogen and oxygen atoms in total. The van der Waals surface area contributed by atoms with Crippen molar-refractivity contribution in [3.8, 4) is 10.7 Å². The van der Waals surface area contributed by atoms with Gasteiger partial charge in [0.15, 0.2) is 22.7 Å². The number of allylic oxidation sites excluding steroid dienone is 1. The van der Waals surface area contributed by atoms with Crippen LogP contribution in [-0.2, 0) is 19.1 Å². The van der Waals surface area contributed by atoms with Gasteiger partial charge in [0.1, 0.15) is 26.2 Å². The van der Waals surface area contributed by atoms with Crippen LogP contribution in [0.2, 0.25) is 0 Å². The number of Topliss-reactive ketones (excluding diaryl/α,β-unsaturated/α-hetero) is 2. The Labute approximate surface area is 306 Å². The number of halogens is 1. The highest BCUT2D eigenvalue weighted by molar-refractivity contribution is 9.10. The van der Waals surface area contributed by atoms with Crippen LogP contribution in [-0.4, -0.2) is 69.3 Å². The summed E-state index contributed by atoms with van der Waals surface area (Å²) < 4.78 is 9.78. The van der Waals surface area contributed by atoms with E-state index in [-0.39, 0.29) is 23.0 Å². The summed E-state index contributed by atoms with van der Waals surface area (Å²) in [5.74, 6) is 0.981. The monoisotopic (exact) mass is 783 g/mol. The Balaban J connectivity index is 0.000000156. The number of nitrogens with zero attached hydrogens (tertiary/aromatic N) is 4. The lowest BCUT2D eigenvalue weighted by molar-refractivity contribution is -0.164. The second kappa shape index (κ2) is 17.7. The fourth-order valence-electron chi connectivity index (χ4n) is 6.65. The Bertz CT molecular complexity index is 1740. The largest absolute Gasteiger partial charge is 0.481 e. The second-order valence-corrected chi connectivity index (χ2v) is 14.9. The van der Waals surface area contributed by atoms with Crippen molar-refractivity contribution >= 4 is 74.0 Å². The van der Waals surface area contributed by atoms with E-state index in [0.717, 1.165) is 37.0 Å². The number of carboxylic acid groups (broad SMARTS) is 1. The van der Waals surface area contributed by atoms with Crippen LogP contribution in [0.4, 0.5) is 0 Å². The van der Waals surface area contributed by atoms with Crippen molar-refractivity contribution in [1.82, 2.24) is 15.0 Å². The number of hydrogen-bond donors (Lipinski definition) is 1. The van der Waals surface area contributed by atoms with Crippen molar-refractivity contribution in [1.29, 1.82) is 0 Å². The summed E-state index contributed by atoms with van der Waals surface area (Å²) in [6.07, 6.45) is 12.8. The molecule has 15 heteroatoms. The van der Waals surface area contributed by atoms with Gasteiger partial charge in [-0.05, 0) is 108 Å². The smallest absolute Gasteiger partial charge is 0.349 e. The zero-order valence-electron chi connectivity index (χ0n) is 27.9. The molecule has 0 unspecified atom stereocenters. The highest BCUT2D eigenvalue weighted by Crippen LogP contribution is 2.60. The van der Waals surface area contributed by atoms with Gasteiger partial charge in [-0.25, -0.2) is 19.6 Å². The van der Waals surface area contributed by atoms with E-state index in [2.05, 4.69) is 50.9 Å². The molecule has 50 heavy (non-hydrogen) atoms. The average Bonchev–Trinajstić information content (AvgIpc) is 3.82. The molecule has 5 aliphatic rings. The van der Waals surface area contributed by atoms with Crippen LogP contribution in [0.15, 0.2) is 63.6 Å². The fourth-order valence-corrected chi connectivity index (χ4v) is 8.15. The van der Waals surface area contributed by atoms with Crippen LogP contribution in [0.1, 0.15) is 82.8 Å². The van der Waals surface area contributed by atoms with Crippen molar-refractivity contribution in [2.75, 3.05) is 14.2 Å². The number of ketones is 2. The molecule has 0 radical (unpaired) electrons. The van der Waals surface area contributed by atoms with Crippen LogP contribution >= 0.6 is 39.0 Å². The van der Waals surface area contributed by atoms with Crippen molar-refractivity contribution in [3.05, 3.63) is 74.6 Å². The summed E-state index contributed by atoms with van der Waals surface area (Å²) in [5.41, 5.74) is 3.92. The van der Waals surface area contributed by atoms with Gasteiger partial charge < -0.3 is 14.6 Å². The molecular formula is C35H36BrN4O8S2+. The Morgan fingerprint density at radius 2 is 1.42 bits per heavy atom. The molecule has 4 saturated carbocycles. The van der Waals surface area contributed by atoms with E-state index in [1.54, 1.807) is 24.3 Å². The number of carbonyl (C=O) groups is 5. The summed E-state index contributed by atoms with van der Waals surface area (Å²) in [7, 11) is 2.66. The standard InChI is InChI=1S/C12H10N2O3S.C11H16O2.C7H6BrNO2.C5H4NOS/c1-7(15)8-3-4-9(13-5-8)11-14-6-10(18-11)12(16)17-2;12-10(13)11-4-7-1-8(5-11)3-9(2-7)6-11;1-11-7(10)5-2-3-6(8)9-4-5;1-4(7)5-2-6-3-8-5/h3-6H,1-2H3;7-9H,1-6H2,(H,12,13);2-4H,1H3;2H,1H3/q;;;+1. The molecule has 4 bridgehead atoms. The predicted octanol–water partition coefficient (Wildman–Crippen LogP) is 7.18. The molecule has 3 aromatic heterocycles. The molecule has 0 spiro atoms. The first-order valence-electron chi connectivity index (χ1n) is 15.6. The molecule has 1 aliphatic heterocycles. The number of aliphatic carboxylic acids is 1. The molecule has 0 atom stereocenters. The Morgan fingerprint density at radius 1 is 0.820 bits per heavy atom. The third-order valence-corrected chi connectivity index (χ3v) is 10.9. The first kappa shape index (κ1) is 38.6. The first-order chi connectivity index (χ1) is 23.8. The fraction of sp³-hybridized carbons (Fsp3) is 0.400. The van der Waals surface area contributed by atoms with E-state index in [1.807, 2.05) is 0 Å². The van der Waals surface area contributed by atoms with E-state index in [9.17, 15) is 29.1 Å². The number of carboxylic acids is 1. The lowest BCUT2D eigenvalue weighted by atomic mass is 9.49. The molecule has 0 amide bonds. The molecule has 0 saturated heterocycles.